The molecule has 4 N–H and O–H groups in total. The van der Waals surface area contributed by atoms with Crippen LogP contribution in [0.25, 0.3) is 39.1 Å². The zero-order chi connectivity index (χ0) is 23.9. The van der Waals surface area contributed by atoms with Crippen LogP contribution in [-0.2, 0) is 4.79 Å². The molecular formula is C27H25N7O. The molecule has 35 heavy (non-hydrogen) atoms. The Balaban J connectivity index is 1.44. The van der Waals surface area contributed by atoms with Gasteiger partial charge in [-0.2, -0.15) is 0 Å². The Morgan fingerprint density at radius 1 is 0.914 bits per heavy atom. The fourth-order valence-electron chi connectivity index (χ4n) is 5.13. The van der Waals surface area contributed by atoms with E-state index in [0.717, 1.165) is 70.6 Å². The van der Waals surface area contributed by atoms with E-state index < -0.39 is 0 Å². The van der Waals surface area contributed by atoms with Gasteiger partial charge in [0.1, 0.15) is 22.9 Å². The molecule has 1 amide bonds. The Hall–Kier alpha value is -4.33. The number of primary amides is 1. The molecule has 0 unspecified atom stereocenters. The first-order valence-electron chi connectivity index (χ1n) is 11.8. The van der Waals surface area contributed by atoms with Crippen LogP contribution in [0.1, 0.15) is 37.4 Å². The third kappa shape index (κ3) is 3.77. The maximum atomic E-state index is 11.6. The summed E-state index contributed by atoms with van der Waals surface area (Å²) in [4.78, 5) is 30.4. The van der Waals surface area contributed by atoms with E-state index in [1.165, 1.54) is 0 Å². The van der Waals surface area contributed by atoms with Crippen molar-refractivity contribution in [1.82, 2.24) is 24.3 Å². The zero-order valence-corrected chi connectivity index (χ0v) is 19.1. The number of amides is 1. The highest BCUT2D eigenvalue weighted by Crippen LogP contribution is 2.38. The van der Waals surface area contributed by atoms with Crippen molar-refractivity contribution in [3.8, 4) is 22.6 Å². The maximum Gasteiger partial charge on any atom is 0.220 e. The lowest BCUT2D eigenvalue weighted by Gasteiger charge is -2.25. The normalized spacial score (nSPS) is 18.2. The summed E-state index contributed by atoms with van der Waals surface area (Å²) >= 11 is 0. The number of nitrogens with two attached hydrogens (primary N) is 2. The minimum atomic E-state index is -0.209. The molecule has 0 aliphatic heterocycles. The van der Waals surface area contributed by atoms with Gasteiger partial charge in [0.05, 0.1) is 16.9 Å². The van der Waals surface area contributed by atoms with Crippen molar-refractivity contribution < 1.29 is 4.79 Å². The molecule has 8 heteroatoms. The van der Waals surface area contributed by atoms with Gasteiger partial charge < -0.3 is 11.5 Å². The van der Waals surface area contributed by atoms with Crippen LogP contribution >= 0.6 is 0 Å². The number of anilines is 1. The third-order valence-electron chi connectivity index (χ3n) is 7.00. The number of hydrogen-bond acceptors (Lipinski definition) is 6. The summed E-state index contributed by atoms with van der Waals surface area (Å²) in [6, 6.07) is 16.0. The van der Waals surface area contributed by atoms with Crippen molar-refractivity contribution in [3.05, 3.63) is 72.9 Å². The average molecular weight is 464 g/mol. The highest BCUT2D eigenvalue weighted by molar-refractivity contribution is 5.91. The van der Waals surface area contributed by atoms with Crippen molar-refractivity contribution in [3.63, 3.8) is 0 Å². The largest absolute Gasteiger partial charge is 0.382 e. The molecule has 0 radical (unpaired) electrons. The van der Waals surface area contributed by atoms with E-state index in [0.29, 0.717) is 5.82 Å². The van der Waals surface area contributed by atoms with Gasteiger partial charge in [0.25, 0.3) is 0 Å². The number of carbonyl (C=O) groups excluding carboxylic acids is 1. The molecule has 174 valence electrons. The molecule has 4 heterocycles. The van der Waals surface area contributed by atoms with Crippen LogP contribution < -0.4 is 11.5 Å². The van der Waals surface area contributed by atoms with E-state index in [4.69, 9.17) is 21.4 Å². The van der Waals surface area contributed by atoms with Crippen LogP contribution in [0, 0.1) is 5.92 Å². The number of benzene rings is 1. The number of hydrogen-bond donors (Lipinski definition) is 2. The molecule has 1 aliphatic carbocycles. The molecule has 1 fully saturated rings. The van der Waals surface area contributed by atoms with Crippen LogP contribution in [-0.4, -0.2) is 30.2 Å². The molecule has 1 aromatic carbocycles. The SMILES string of the molecule is NC(=O)C1CCC(c2nc(-c3ccc4ccc(-c5ccccn5)nc4c3)c3c(N)nccn23)CC1. The summed E-state index contributed by atoms with van der Waals surface area (Å²) in [5.74, 6) is 1.34. The predicted octanol–water partition coefficient (Wildman–Crippen LogP) is 4.35. The molecule has 1 aliphatic rings. The van der Waals surface area contributed by atoms with Gasteiger partial charge >= 0.3 is 0 Å². The highest BCUT2D eigenvalue weighted by Gasteiger charge is 2.29. The molecule has 6 rings (SSSR count). The van der Waals surface area contributed by atoms with Crippen molar-refractivity contribution >= 4 is 28.1 Å². The second-order valence-electron chi connectivity index (χ2n) is 9.12. The zero-order valence-electron chi connectivity index (χ0n) is 19.1. The number of nitrogens with zero attached hydrogens (tertiary/aromatic N) is 5. The number of fused-ring (bicyclic) bond motifs is 2. The topological polar surface area (TPSA) is 125 Å². The minimum absolute atomic E-state index is 0.0523. The quantitative estimate of drug-likeness (QED) is 0.408. The molecule has 0 saturated heterocycles. The van der Waals surface area contributed by atoms with Gasteiger partial charge in [0.2, 0.25) is 5.91 Å². The second-order valence-corrected chi connectivity index (χ2v) is 9.12. The number of imidazole rings is 1. The lowest BCUT2D eigenvalue weighted by Crippen LogP contribution is -2.27. The summed E-state index contributed by atoms with van der Waals surface area (Å²) < 4.78 is 2.05. The van der Waals surface area contributed by atoms with Gasteiger partial charge in [-0.05, 0) is 49.9 Å². The van der Waals surface area contributed by atoms with Crippen LogP contribution in [0.15, 0.2) is 67.1 Å². The molecule has 4 aromatic heterocycles. The van der Waals surface area contributed by atoms with Gasteiger partial charge in [-0.1, -0.05) is 24.3 Å². The minimum Gasteiger partial charge on any atom is -0.382 e. The Morgan fingerprint density at radius 2 is 1.74 bits per heavy atom. The summed E-state index contributed by atoms with van der Waals surface area (Å²) in [5.41, 5.74) is 16.9. The van der Waals surface area contributed by atoms with Crippen LogP contribution in [0.5, 0.6) is 0 Å². The van der Waals surface area contributed by atoms with E-state index in [-0.39, 0.29) is 17.7 Å². The first-order chi connectivity index (χ1) is 17.1. The maximum absolute atomic E-state index is 11.6. The van der Waals surface area contributed by atoms with Crippen molar-refractivity contribution in [2.45, 2.75) is 31.6 Å². The summed E-state index contributed by atoms with van der Waals surface area (Å²) in [7, 11) is 0. The monoisotopic (exact) mass is 463 g/mol. The highest BCUT2D eigenvalue weighted by atomic mass is 16.1. The Kier molecular flexibility index (Phi) is 5.13. The molecule has 8 nitrogen and oxygen atoms in total. The van der Waals surface area contributed by atoms with E-state index in [2.05, 4.69) is 26.5 Å². The first kappa shape index (κ1) is 21.2. The van der Waals surface area contributed by atoms with Gasteiger partial charge in [0.15, 0.2) is 0 Å². The summed E-state index contributed by atoms with van der Waals surface area (Å²) in [6.45, 7) is 0. The number of carbonyl (C=O) groups is 1. The number of nitrogen functional groups attached to an aromatic ring is 1. The Bertz CT molecular complexity index is 1550. The van der Waals surface area contributed by atoms with E-state index in [1.54, 1.807) is 12.4 Å². The standard InChI is InChI=1S/C27H25N7O/c28-25-24-23(33-27(34(24)14-13-31-25)18-7-5-17(6-8-18)26(29)35)19-9-4-16-10-11-21(32-22(16)15-19)20-3-1-2-12-30-20/h1-4,9-15,17-18H,5-8H2,(H2,28,31)(H2,29,35). The average Bonchev–Trinajstić information content (AvgIpc) is 3.30. The van der Waals surface area contributed by atoms with Crippen molar-refractivity contribution in [2.75, 3.05) is 5.73 Å². The lowest BCUT2D eigenvalue weighted by atomic mass is 9.81. The molecule has 1 saturated carbocycles. The van der Waals surface area contributed by atoms with Crippen molar-refractivity contribution in [1.29, 1.82) is 0 Å². The third-order valence-corrected chi connectivity index (χ3v) is 7.00. The predicted molar refractivity (Wildman–Crippen MR) is 135 cm³/mol. The van der Waals surface area contributed by atoms with Crippen LogP contribution in [0.2, 0.25) is 0 Å². The summed E-state index contributed by atoms with van der Waals surface area (Å²) in [5, 5.41) is 1.04. The van der Waals surface area contributed by atoms with E-state index in [9.17, 15) is 4.79 Å². The number of rotatable bonds is 4. The molecule has 5 aromatic rings. The summed E-state index contributed by atoms with van der Waals surface area (Å²) in [6.07, 6.45) is 8.66. The number of aromatic nitrogens is 5. The van der Waals surface area contributed by atoms with Crippen LogP contribution in [0.3, 0.4) is 0 Å². The fraction of sp³-hybridized carbons (Fsp3) is 0.222. The van der Waals surface area contributed by atoms with Crippen molar-refractivity contribution in [2.24, 2.45) is 11.7 Å². The Morgan fingerprint density at radius 3 is 2.51 bits per heavy atom. The van der Waals surface area contributed by atoms with Gasteiger partial charge in [-0.25, -0.2) is 15.0 Å². The lowest BCUT2D eigenvalue weighted by molar-refractivity contribution is -0.122. The van der Waals surface area contributed by atoms with E-state index >= 15 is 0 Å². The molecule has 0 spiro atoms. The Labute approximate surface area is 202 Å². The van der Waals surface area contributed by atoms with Crippen LogP contribution in [0.4, 0.5) is 5.82 Å². The van der Waals surface area contributed by atoms with Gasteiger partial charge in [0, 0.05) is 41.4 Å². The van der Waals surface area contributed by atoms with Gasteiger partial charge in [-0.3, -0.25) is 14.2 Å². The first-order valence-corrected chi connectivity index (χ1v) is 11.8. The smallest absolute Gasteiger partial charge is 0.220 e. The molecule has 0 atom stereocenters. The van der Waals surface area contributed by atoms with E-state index in [1.807, 2.05) is 42.6 Å². The molecular weight excluding hydrogens is 438 g/mol. The van der Waals surface area contributed by atoms with Gasteiger partial charge in [-0.15, -0.1) is 0 Å². The second kappa shape index (κ2) is 8.47. The number of pyridine rings is 2. The molecule has 0 bridgehead atoms. The fourth-order valence-corrected chi connectivity index (χ4v) is 5.13.